The molecule has 1 atom stereocenters. The van der Waals surface area contributed by atoms with E-state index in [-0.39, 0.29) is 17.7 Å². The average molecular weight is 369 g/mol. The van der Waals surface area contributed by atoms with Crippen LogP contribution in [-0.4, -0.2) is 36.3 Å². The van der Waals surface area contributed by atoms with Crippen molar-refractivity contribution >= 4 is 34.5 Å². The molecule has 2 aliphatic heterocycles. The molecule has 0 aliphatic carbocycles. The highest BCUT2D eigenvalue weighted by atomic mass is 32.1. The maximum absolute atomic E-state index is 12.7. The molecule has 2 aromatic rings. The van der Waals surface area contributed by atoms with Crippen LogP contribution in [0.3, 0.4) is 0 Å². The standard InChI is InChI=1S/C20H23N3O2S/c1-2-22-13-15(11-19(22)24)20(25)21-16-5-3-4-6-17(16)23-9-7-18-14(12-23)8-10-26-18/h3-6,8,10,15H,2,7,9,11-13H2,1H3,(H,21,25)/t15-/m1/s1. The van der Waals surface area contributed by atoms with Gasteiger partial charge < -0.3 is 15.1 Å². The fourth-order valence-corrected chi connectivity index (χ4v) is 4.69. The van der Waals surface area contributed by atoms with Crippen LogP contribution >= 0.6 is 11.3 Å². The second-order valence-electron chi connectivity index (χ2n) is 6.88. The second-order valence-corrected chi connectivity index (χ2v) is 7.88. The van der Waals surface area contributed by atoms with Crippen molar-refractivity contribution in [1.82, 2.24) is 4.90 Å². The van der Waals surface area contributed by atoms with Crippen LogP contribution in [-0.2, 0) is 22.6 Å². The highest BCUT2D eigenvalue weighted by Crippen LogP contribution is 2.33. The Bertz CT molecular complexity index is 832. The van der Waals surface area contributed by atoms with Crippen molar-refractivity contribution in [1.29, 1.82) is 0 Å². The van der Waals surface area contributed by atoms with Crippen LogP contribution in [0.25, 0.3) is 0 Å². The molecule has 1 saturated heterocycles. The number of likely N-dealkylation sites (tertiary alicyclic amines) is 1. The molecule has 6 heteroatoms. The smallest absolute Gasteiger partial charge is 0.229 e. The molecule has 1 aromatic heterocycles. The number of benzene rings is 1. The summed E-state index contributed by atoms with van der Waals surface area (Å²) in [6.07, 6.45) is 1.35. The Labute approximate surface area is 157 Å². The zero-order valence-electron chi connectivity index (χ0n) is 14.9. The van der Waals surface area contributed by atoms with E-state index >= 15 is 0 Å². The van der Waals surface area contributed by atoms with Gasteiger partial charge in [0.2, 0.25) is 11.8 Å². The van der Waals surface area contributed by atoms with Crippen LogP contribution in [0.15, 0.2) is 35.7 Å². The predicted octanol–water partition coefficient (Wildman–Crippen LogP) is 3.12. The maximum Gasteiger partial charge on any atom is 0.229 e. The number of para-hydroxylation sites is 2. The molecule has 1 N–H and O–H groups in total. The topological polar surface area (TPSA) is 52.7 Å². The van der Waals surface area contributed by atoms with Gasteiger partial charge in [-0.25, -0.2) is 0 Å². The lowest BCUT2D eigenvalue weighted by Gasteiger charge is -2.31. The molecule has 5 nitrogen and oxygen atoms in total. The van der Waals surface area contributed by atoms with E-state index in [1.165, 1.54) is 10.4 Å². The van der Waals surface area contributed by atoms with Crippen molar-refractivity contribution in [3.8, 4) is 0 Å². The molecule has 1 aromatic carbocycles. The zero-order valence-corrected chi connectivity index (χ0v) is 15.7. The molecular weight excluding hydrogens is 346 g/mol. The zero-order chi connectivity index (χ0) is 18.1. The quantitative estimate of drug-likeness (QED) is 0.901. The van der Waals surface area contributed by atoms with Crippen LogP contribution in [0, 0.1) is 5.92 Å². The molecule has 0 bridgehead atoms. The Morgan fingerprint density at radius 3 is 2.96 bits per heavy atom. The summed E-state index contributed by atoms with van der Waals surface area (Å²) in [5, 5.41) is 5.23. The monoisotopic (exact) mass is 369 g/mol. The summed E-state index contributed by atoms with van der Waals surface area (Å²) in [5.74, 6) is -0.253. The Morgan fingerprint density at radius 1 is 1.31 bits per heavy atom. The van der Waals surface area contributed by atoms with E-state index in [1.807, 2.05) is 36.5 Å². The van der Waals surface area contributed by atoms with Gasteiger partial charge in [-0.05, 0) is 42.5 Å². The number of amides is 2. The highest BCUT2D eigenvalue weighted by molar-refractivity contribution is 7.10. The molecule has 0 spiro atoms. The maximum atomic E-state index is 12.7. The number of nitrogens with zero attached hydrogens (tertiary/aromatic N) is 2. The van der Waals surface area contributed by atoms with Crippen LogP contribution < -0.4 is 10.2 Å². The number of thiophene rings is 1. The van der Waals surface area contributed by atoms with Crippen molar-refractivity contribution in [3.05, 3.63) is 46.2 Å². The summed E-state index contributed by atoms with van der Waals surface area (Å²) in [7, 11) is 0. The van der Waals surface area contributed by atoms with E-state index < -0.39 is 0 Å². The van der Waals surface area contributed by atoms with Gasteiger partial charge in [-0.2, -0.15) is 0 Å². The van der Waals surface area contributed by atoms with Crippen LogP contribution in [0.4, 0.5) is 11.4 Å². The van der Waals surface area contributed by atoms with Gasteiger partial charge in [0.25, 0.3) is 0 Å². The number of anilines is 2. The summed E-state index contributed by atoms with van der Waals surface area (Å²) >= 11 is 1.82. The molecule has 2 aliphatic rings. The van der Waals surface area contributed by atoms with Crippen LogP contribution in [0.1, 0.15) is 23.8 Å². The minimum Gasteiger partial charge on any atom is -0.365 e. The van der Waals surface area contributed by atoms with E-state index in [1.54, 1.807) is 4.90 Å². The minimum absolute atomic E-state index is 0.0602. The number of carbonyl (C=O) groups excluding carboxylic acids is 2. The number of nitrogens with one attached hydrogen (secondary N) is 1. The van der Waals surface area contributed by atoms with Gasteiger partial charge in [0, 0.05) is 37.5 Å². The first-order valence-electron chi connectivity index (χ1n) is 9.13. The van der Waals surface area contributed by atoms with Crippen LogP contribution in [0.5, 0.6) is 0 Å². The lowest BCUT2D eigenvalue weighted by atomic mass is 10.1. The van der Waals surface area contributed by atoms with Gasteiger partial charge in [0.15, 0.2) is 0 Å². The molecule has 0 radical (unpaired) electrons. The number of fused-ring (bicyclic) bond motifs is 1. The van der Waals surface area contributed by atoms with E-state index in [9.17, 15) is 9.59 Å². The predicted molar refractivity (Wildman–Crippen MR) is 105 cm³/mol. The Balaban J connectivity index is 1.50. The van der Waals surface area contributed by atoms with Gasteiger partial charge in [-0.3, -0.25) is 9.59 Å². The molecule has 1 fully saturated rings. The Hall–Kier alpha value is -2.34. The lowest BCUT2D eigenvalue weighted by molar-refractivity contribution is -0.128. The SMILES string of the molecule is CCN1C[C@H](C(=O)Nc2ccccc2N2CCc3sccc3C2)CC1=O. The lowest BCUT2D eigenvalue weighted by Crippen LogP contribution is -2.31. The van der Waals surface area contributed by atoms with Gasteiger partial charge in [-0.1, -0.05) is 12.1 Å². The number of carbonyl (C=O) groups is 2. The second kappa shape index (κ2) is 7.11. The third kappa shape index (κ3) is 3.21. The van der Waals surface area contributed by atoms with E-state index in [0.29, 0.717) is 19.5 Å². The Kier molecular flexibility index (Phi) is 4.68. The third-order valence-electron chi connectivity index (χ3n) is 5.28. The molecule has 3 heterocycles. The number of rotatable bonds is 4. The fraction of sp³-hybridized carbons (Fsp3) is 0.400. The number of hydrogen-bond acceptors (Lipinski definition) is 4. The molecule has 0 unspecified atom stereocenters. The molecule has 2 amide bonds. The summed E-state index contributed by atoms with van der Waals surface area (Å²) in [6.45, 7) is 4.95. The van der Waals surface area contributed by atoms with Crippen molar-refractivity contribution < 1.29 is 9.59 Å². The molecule has 0 saturated carbocycles. The van der Waals surface area contributed by atoms with Crippen molar-refractivity contribution in [2.24, 2.45) is 5.92 Å². The highest BCUT2D eigenvalue weighted by Gasteiger charge is 2.33. The average Bonchev–Trinajstić information content (AvgIpc) is 3.27. The van der Waals surface area contributed by atoms with E-state index in [0.717, 1.165) is 30.9 Å². The first-order valence-corrected chi connectivity index (χ1v) is 10.0. The van der Waals surface area contributed by atoms with Crippen molar-refractivity contribution in [2.75, 3.05) is 29.9 Å². The first-order chi connectivity index (χ1) is 12.7. The van der Waals surface area contributed by atoms with Crippen molar-refractivity contribution in [2.45, 2.75) is 26.3 Å². The third-order valence-corrected chi connectivity index (χ3v) is 6.30. The molecular formula is C20H23N3O2S. The normalized spacial score (nSPS) is 19.6. The van der Waals surface area contributed by atoms with Crippen molar-refractivity contribution in [3.63, 3.8) is 0 Å². The Morgan fingerprint density at radius 2 is 2.15 bits per heavy atom. The van der Waals surface area contributed by atoms with Gasteiger partial charge >= 0.3 is 0 Å². The number of hydrogen-bond donors (Lipinski definition) is 1. The summed E-state index contributed by atoms with van der Waals surface area (Å²) in [6, 6.07) is 10.1. The van der Waals surface area contributed by atoms with Gasteiger partial charge in [0.1, 0.15) is 0 Å². The summed E-state index contributed by atoms with van der Waals surface area (Å²) in [5.41, 5.74) is 3.26. The summed E-state index contributed by atoms with van der Waals surface area (Å²) in [4.78, 5) is 30.2. The largest absolute Gasteiger partial charge is 0.365 e. The minimum atomic E-state index is -0.264. The van der Waals surface area contributed by atoms with E-state index in [2.05, 4.69) is 27.7 Å². The first kappa shape index (κ1) is 17.1. The van der Waals surface area contributed by atoms with Gasteiger partial charge in [-0.15, -0.1) is 11.3 Å². The summed E-state index contributed by atoms with van der Waals surface area (Å²) < 4.78 is 0. The van der Waals surface area contributed by atoms with Crippen LogP contribution in [0.2, 0.25) is 0 Å². The molecule has 26 heavy (non-hydrogen) atoms. The van der Waals surface area contributed by atoms with E-state index in [4.69, 9.17) is 0 Å². The van der Waals surface area contributed by atoms with Gasteiger partial charge in [0.05, 0.1) is 17.3 Å². The fourth-order valence-electron chi connectivity index (χ4n) is 3.80. The molecule has 4 rings (SSSR count). The molecule has 136 valence electrons.